The van der Waals surface area contributed by atoms with Gasteiger partial charge in [0.05, 0.1) is 7.11 Å². The SMILES string of the molecule is CCc1ccc(OC)c(-c2cc[c]cc2)c1. The Morgan fingerprint density at radius 1 is 1.12 bits per heavy atom. The molecule has 0 unspecified atom stereocenters. The maximum absolute atomic E-state index is 5.39. The van der Waals surface area contributed by atoms with E-state index in [9.17, 15) is 0 Å². The molecule has 1 radical (unpaired) electrons. The first-order chi connectivity index (χ1) is 7.85. The molecule has 0 heterocycles. The normalized spacial score (nSPS) is 10.1. The standard InChI is InChI=1S/C15H15O/c1-3-12-9-10-15(16-2)14(11-12)13-7-5-4-6-8-13/h5-11H,3H2,1-2H3. The van der Waals surface area contributed by atoms with Crippen LogP contribution in [0.2, 0.25) is 0 Å². The van der Waals surface area contributed by atoms with E-state index in [0.717, 1.165) is 17.7 Å². The van der Waals surface area contributed by atoms with Gasteiger partial charge in [0.15, 0.2) is 0 Å². The van der Waals surface area contributed by atoms with E-state index in [1.165, 1.54) is 11.1 Å². The van der Waals surface area contributed by atoms with Gasteiger partial charge in [-0.1, -0.05) is 37.3 Å². The van der Waals surface area contributed by atoms with E-state index < -0.39 is 0 Å². The molecule has 0 amide bonds. The number of aryl methyl sites for hydroxylation is 1. The van der Waals surface area contributed by atoms with Gasteiger partial charge in [-0.3, -0.25) is 0 Å². The van der Waals surface area contributed by atoms with Crippen LogP contribution in [0.15, 0.2) is 42.5 Å². The summed E-state index contributed by atoms with van der Waals surface area (Å²) in [5, 5.41) is 0. The summed E-state index contributed by atoms with van der Waals surface area (Å²) in [7, 11) is 1.71. The second kappa shape index (κ2) is 4.84. The van der Waals surface area contributed by atoms with Crippen LogP contribution in [0.3, 0.4) is 0 Å². The summed E-state index contributed by atoms with van der Waals surface area (Å²) in [5.41, 5.74) is 3.64. The molecule has 1 heteroatoms. The van der Waals surface area contributed by atoms with Crippen LogP contribution < -0.4 is 4.74 Å². The zero-order chi connectivity index (χ0) is 11.4. The van der Waals surface area contributed by atoms with E-state index in [-0.39, 0.29) is 0 Å². The third-order valence-electron chi connectivity index (χ3n) is 2.70. The monoisotopic (exact) mass is 211 g/mol. The predicted octanol–water partition coefficient (Wildman–Crippen LogP) is 3.72. The van der Waals surface area contributed by atoms with Gasteiger partial charge in [0.25, 0.3) is 0 Å². The first-order valence-corrected chi connectivity index (χ1v) is 5.48. The van der Waals surface area contributed by atoms with Crippen LogP contribution >= 0.6 is 0 Å². The molecule has 16 heavy (non-hydrogen) atoms. The third-order valence-corrected chi connectivity index (χ3v) is 2.70. The molecule has 0 saturated heterocycles. The van der Waals surface area contributed by atoms with Gasteiger partial charge in [0.1, 0.15) is 5.75 Å². The minimum absolute atomic E-state index is 0.920. The summed E-state index contributed by atoms with van der Waals surface area (Å²) in [5.74, 6) is 0.920. The van der Waals surface area contributed by atoms with E-state index in [0.29, 0.717) is 0 Å². The number of hydrogen-bond acceptors (Lipinski definition) is 1. The summed E-state index contributed by atoms with van der Waals surface area (Å²) in [6.45, 7) is 2.16. The summed E-state index contributed by atoms with van der Waals surface area (Å²) in [6, 6.07) is 17.3. The number of rotatable bonds is 3. The molecular formula is C15H15O. The van der Waals surface area contributed by atoms with Crippen LogP contribution in [-0.4, -0.2) is 7.11 Å². The first kappa shape index (κ1) is 10.7. The molecule has 0 spiro atoms. The Balaban J connectivity index is 2.53. The van der Waals surface area contributed by atoms with Crippen molar-refractivity contribution in [1.82, 2.24) is 0 Å². The van der Waals surface area contributed by atoms with Gasteiger partial charge >= 0.3 is 0 Å². The minimum atomic E-state index is 0.920. The molecule has 0 saturated carbocycles. The van der Waals surface area contributed by atoms with Crippen molar-refractivity contribution in [3.63, 3.8) is 0 Å². The lowest BCUT2D eigenvalue weighted by Gasteiger charge is -2.10. The fourth-order valence-corrected chi connectivity index (χ4v) is 1.77. The Labute approximate surface area is 96.7 Å². The highest BCUT2D eigenvalue weighted by molar-refractivity contribution is 5.71. The Hall–Kier alpha value is -1.76. The van der Waals surface area contributed by atoms with Crippen LogP contribution in [0.25, 0.3) is 11.1 Å². The van der Waals surface area contributed by atoms with Gasteiger partial charge in [-0.15, -0.1) is 0 Å². The molecule has 0 aromatic heterocycles. The fraction of sp³-hybridized carbons (Fsp3) is 0.200. The molecule has 0 bridgehead atoms. The smallest absolute Gasteiger partial charge is 0.126 e. The Kier molecular flexibility index (Phi) is 3.25. The quantitative estimate of drug-likeness (QED) is 0.751. The second-order valence-corrected chi connectivity index (χ2v) is 3.68. The highest BCUT2D eigenvalue weighted by Gasteiger charge is 2.05. The Morgan fingerprint density at radius 3 is 2.50 bits per heavy atom. The molecule has 81 valence electrons. The molecule has 2 rings (SSSR count). The van der Waals surface area contributed by atoms with Crippen molar-refractivity contribution in [3.05, 3.63) is 54.1 Å². The van der Waals surface area contributed by atoms with Crippen molar-refractivity contribution >= 4 is 0 Å². The highest BCUT2D eigenvalue weighted by atomic mass is 16.5. The minimum Gasteiger partial charge on any atom is -0.496 e. The number of hydrogen-bond donors (Lipinski definition) is 0. The summed E-state index contributed by atoms with van der Waals surface area (Å²) in [4.78, 5) is 0. The molecule has 0 aliphatic heterocycles. The van der Waals surface area contributed by atoms with E-state index >= 15 is 0 Å². The number of ether oxygens (including phenoxy) is 1. The lowest BCUT2D eigenvalue weighted by atomic mass is 10.0. The average molecular weight is 211 g/mol. The van der Waals surface area contributed by atoms with Gasteiger partial charge in [-0.25, -0.2) is 0 Å². The molecular weight excluding hydrogens is 196 g/mol. The number of methoxy groups -OCH3 is 1. The summed E-state index contributed by atoms with van der Waals surface area (Å²) >= 11 is 0. The average Bonchev–Trinajstić information content (AvgIpc) is 2.39. The maximum Gasteiger partial charge on any atom is 0.126 e. The van der Waals surface area contributed by atoms with Gasteiger partial charge in [0.2, 0.25) is 0 Å². The van der Waals surface area contributed by atoms with Crippen LogP contribution in [0.4, 0.5) is 0 Å². The molecule has 2 aromatic carbocycles. The second-order valence-electron chi connectivity index (χ2n) is 3.68. The van der Waals surface area contributed by atoms with E-state index in [4.69, 9.17) is 4.74 Å². The molecule has 1 nitrogen and oxygen atoms in total. The largest absolute Gasteiger partial charge is 0.496 e. The molecule has 0 N–H and O–H groups in total. The highest BCUT2D eigenvalue weighted by Crippen LogP contribution is 2.30. The predicted molar refractivity (Wildman–Crippen MR) is 66.6 cm³/mol. The van der Waals surface area contributed by atoms with Gasteiger partial charge in [-0.05, 0) is 35.7 Å². The van der Waals surface area contributed by atoms with Crippen molar-refractivity contribution < 1.29 is 4.74 Å². The number of benzene rings is 2. The zero-order valence-electron chi connectivity index (χ0n) is 9.66. The van der Waals surface area contributed by atoms with Gasteiger partial charge < -0.3 is 4.74 Å². The van der Waals surface area contributed by atoms with Crippen LogP contribution in [0, 0.1) is 6.07 Å². The lowest BCUT2D eigenvalue weighted by Crippen LogP contribution is -1.90. The van der Waals surface area contributed by atoms with Gasteiger partial charge in [0, 0.05) is 5.56 Å². The molecule has 0 fully saturated rings. The first-order valence-electron chi connectivity index (χ1n) is 5.48. The van der Waals surface area contributed by atoms with E-state index in [1.807, 2.05) is 18.2 Å². The molecule has 0 aliphatic carbocycles. The van der Waals surface area contributed by atoms with Crippen molar-refractivity contribution in [3.8, 4) is 16.9 Å². The van der Waals surface area contributed by atoms with E-state index in [1.54, 1.807) is 7.11 Å². The fourth-order valence-electron chi connectivity index (χ4n) is 1.77. The van der Waals surface area contributed by atoms with Crippen molar-refractivity contribution in [2.75, 3.05) is 7.11 Å². The molecule has 0 atom stereocenters. The molecule has 2 aromatic rings. The van der Waals surface area contributed by atoms with Gasteiger partial charge in [-0.2, -0.15) is 0 Å². The van der Waals surface area contributed by atoms with Crippen LogP contribution in [0.5, 0.6) is 5.75 Å². The summed E-state index contributed by atoms with van der Waals surface area (Å²) < 4.78 is 5.39. The molecule has 0 aliphatic rings. The lowest BCUT2D eigenvalue weighted by molar-refractivity contribution is 0.416. The Bertz CT molecular complexity index is 460. The Morgan fingerprint density at radius 2 is 1.88 bits per heavy atom. The van der Waals surface area contributed by atoms with Crippen molar-refractivity contribution in [1.29, 1.82) is 0 Å². The summed E-state index contributed by atoms with van der Waals surface area (Å²) in [6.07, 6.45) is 1.04. The zero-order valence-corrected chi connectivity index (χ0v) is 9.66. The van der Waals surface area contributed by atoms with Crippen LogP contribution in [0.1, 0.15) is 12.5 Å². The van der Waals surface area contributed by atoms with Crippen molar-refractivity contribution in [2.24, 2.45) is 0 Å². The van der Waals surface area contributed by atoms with E-state index in [2.05, 4.69) is 37.3 Å². The third kappa shape index (κ3) is 2.08. The van der Waals surface area contributed by atoms with Crippen LogP contribution in [-0.2, 0) is 6.42 Å². The maximum atomic E-state index is 5.39. The van der Waals surface area contributed by atoms with Crippen molar-refractivity contribution in [2.45, 2.75) is 13.3 Å². The topological polar surface area (TPSA) is 9.23 Å².